The molecule has 2 aromatic heterocycles. The third kappa shape index (κ3) is 3.30. The Morgan fingerprint density at radius 1 is 1.32 bits per heavy atom. The van der Waals surface area contributed by atoms with E-state index in [4.69, 9.17) is 0 Å². The highest BCUT2D eigenvalue weighted by molar-refractivity contribution is 5.84. The number of nitrogens with zero attached hydrogens (tertiary/aromatic N) is 6. The van der Waals surface area contributed by atoms with Crippen LogP contribution in [0.2, 0.25) is 0 Å². The molecule has 2 fully saturated rings. The second-order valence-electron chi connectivity index (χ2n) is 7.46. The van der Waals surface area contributed by atoms with Gasteiger partial charge >= 0.3 is 0 Å². The number of anilines is 1. The van der Waals surface area contributed by atoms with Gasteiger partial charge in [-0.2, -0.15) is 0 Å². The molecule has 1 N–H and O–H groups in total. The standard InChI is InChI=1S/C18H25F2N7O/c1-3-27-16-13(24-17(27)14(19)20)15(21-10-22-16)23-11-6-8-26(9-11)18(28)12-5-4-7-25(12)2/h10-12,14H,3-9H2,1-2H3,(H,21,22,23)/t11-,12+/m0/s1. The number of likely N-dealkylation sites (tertiary alicyclic amines) is 2. The van der Waals surface area contributed by atoms with Crippen LogP contribution >= 0.6 is 0 Å². The van der Waals surface area contributed by atoms with Crippen LogP contribution < -0.4 is 5.32 Å². The van der Waals surface area contributed by atoms with E-state index in [1.807, 2.05) is 11.9 Å². The normalized spacial score (nSPS) is 23.2. The quantitative estimate of drug-likeness (QED) is 0.836. The molecule has 0 saturated carbocycles. The molecule has 8 nitrogen and oxygen atoms in total. The summed E-state index contributed by atoms with van der Waals surface area (Å²) in [6.45, 7) is 4.35. The van der Waals surface area contributed by atoms with Gasteiger partial charge in [-0.25, -0.2) is 23.7 Å². The summed E-state index contributed by atoms with van der Waals surface area (Å²) in [5.41, 5.74) is 0.744. The van der Waals surface area contributed by atoms with Gasteiger partial charge in [0.2, 0.25) is 5.91 Å². The summed E-state index contributed by atoms with van der Waals surface area (Å²) in [6.07, 6.45) is 1.42. The van der Waals surface area contributed by atoms with E-state index in [1.165, 1.54) is 10.9 Å². The van der Waals surface area contributed by atoms with Crippen LogP contribution in [0.25, 0.3) is 11.2 Å². The van der Waals surface area contributed by atoms with Crippen LogP contribution in [-0.4, -0.2) is 74.0 Å². The van der Waals surface area contributed by atoms with Crippen molar-refractivity contribution in [2.24, 2.45) is 0 Å². The van der Waals surface area contributed by atoms with Gasteiger partial charge in [0.15, 0.2) is 22.8 Å². The molecule has 28 heavy (non-hydrogen) atoms. The molecule has 2 saturated heterocycles. The molecule has 0 aromatic carbocycles. The average molecular weight is 393 g/mol. The van der Waals surface area contributed by atoms with E-state index in [2.05, 4.69) is 25.2 Å². The van der Waals surface area contributed by atoms with E-state index in [1.54, 1.807) is 6.92 Å². The van der Waals surface area contributed by atoms with Crippen molar-refractivity contribution in [3.8, 4) is 0 Å². The van der Waals surface area contributed by atoms with Crippen molar-refractivity contribution in [3.05, 3.63) is 12.2 Å². The van der Waals surface area contributed by atoms with Crippen molar-refractivity contribution in [1.82, 2.24) is 29.3 Å². The second-order valence-corrected chi connectivity index (χ2v) is 7.46. The number of carbonyl (C=O) groups is 1. The number of carbonyl (C=O) groups excluding carboxylic acids is 1. The monoisotopic (exact) mass is 393 g/mol. The van der Waals surface area contributed by atoms with Crippen molar-refractivity contribution in [1.29, 1.82) is 0 Å². The molecular formula is C18H25F2N7O. The molecule has 2 aliphatic heterocycles. The van der Waals surface area contributed by atoms with Gasteiger partial charge in [-0.15, -0.1) is 0 Å². The maximum Gasteiger partial charge on any atom is 0.295 e. The van der Waals surface area contributed by atoms with E-state index in [0.717, 1.165) is 25.8 Å². The highest BCUT2D eigenvalue weighted by atomic mass is 19.3. The Morgan fingerprint density at radius 3 is 2.82 bits per heavy atom. The lowest BCUT2D eigenvalue weighted by molar-refractivity contribution is -0.134. The lowest BCUT2D eigenvalue weighted by Crippen LogP contribution is -2.44. The zero-order valence-electron chi connectivity index (χ0n) is 16.1. The fourth-order valence-corrected chi connectivity index (χ4v) is 4.24. The van der Waals surface area contributed by atoms with Crippen LogP contribution in [0.5, 0.6) is 0 Å². The molecule has 152 valence electrons. The number of rotatable bonds is 5. The smallest absolute Gasteiger partial charge is 0.295 e. The first-order valence-corrected chi connectivity index (χ1v) is 9.74. The lowest BCUT2D eigenvalue weighted by atomic mass is 10.2. The predicted molar refractivity (Wildman–Crippen MR) is 100 cm³/mol. The zero-order chi connectivity index (χ0) is 19.8. The Bertz CT molecular complexity index is 871. The van der Waals surface area contributed by atoms with Crippen LogP contribution in [0.1, 0.15) is 38.4 Å². The number of amides is 1. The number of likely N-dealkylation sites (N-methyl/N-ethyl adjacent to an activating group) is 1. The van der Waals surface area contributed by atoms with E-state index in [-0.39, 0.29) is 23.8 Å². The molecule has 0 spiro atoms. The molecule has 4 rings (SSSR count). The minimum absolute atomic E-state index is 0.00976. The average Bonchev–Trinajstić information content (AvgIpc) is 3.39. The summed E-state index contributed by atoms with van der Waals surface area (Å²) in [5, 5.41) is 3.29. The highest BCUT2D eigenvalue weighted by Crippen LogP contribution is 2.27. The number of alkyl halides is 2. The molecule has 1 amide bonds. The Kier molecular flexibility index (Phi) is 5.13. The van der Waals surface area contributed by atoms with Crippen molar-refractivity contribution in [3.63, 3.8) is 0 Å². The van der Waals surface area contributed by atoms with Gasteiger partial charge < -0.3 is 14.8 Å². The van der Waals surface area contributed by atoms with Gasteiger partial charge in [0.05, 0.1) is 6.04 Å². The molecule has 0 aliphatic carbocycles. The number of hydrogen-bond acceptors (Lipinski definition) is 6. The SMILES string of the molecule is CCn1c(C(F)F)nc2c(N[C@H]3CCN(C(=O)[C@H]4CCCN4C)C3)ncnc21. The number of aromatic nitrogens is 4. The van der Waals surface area contributed by atoms with E-state index >= 15 is 0 Å². The van der Waals surface area contributed by atoms with Gasteiger partial charge in [-0.1, -0.05) is 0 Å². The third-order valence-corrected chi connectivity index (χ3v) is 5.72. The summed E-state index contributed by atoms with van der Waals surface area (Å²) in [5.74, 6) is 0.317. The van der Waals surface area contributed by atoms with Crippen LogP contribution in [0.3, 0.4) is 0 Å². The third-order valence-electron chi connectivity index (χ3n) is 5.72. The Hall–Kier alpha value is -2.36. The van der Waals surface area contributed by atoms with Crippen LogP contribution in [-0.2, 0) is 11.3 Å². The summed E-state index contributed by atoms with van der Waals surface area (Å²) in [4.78, 5) is 29.2. The first kappa shape index (κ1) is 19.0. The van der Waals surface area contributed by atoms with E-state index in [0.29, 0.717) is 36.6 Å². The summed E-state index contributed by atoms with van der Waals surface area (Å²) < 4.78 is 28.0. The van der Waals surface area contributed by atoms with Gasteiger partial charge in [0.1, 0.15) is 6.33 Å². The molecule has 2 aromatic rings. The van der Waals surface area contributed by atoms with Gasteiger partial charge in [-0.3, -0.25) is 9.69 Å². The summed E-state index contributed by atoms with van der Waals surface area (Å²) >= 11 is 0. The Labute approximate surface area is 161 Å². The Balaban J connectivity index is 1.51. The van der Waals surface area contributed by atoms with Crippen molar-refractivity contribution < 1.29 is 13.6 Å². The highest BCUT2D eigenvalue weighted by Gasteiger charge is 2.35. The van der Waals surface area contributed by atoms with E-state index < -0.39 is 6.43 Å². The van der Waals surface area contributed by atoms with Crippen LogP contribution in [0, 0.1) is 0 Å². The van der Waals surface area contributed by atoms with E-state index in [9.17, 15) is 13.6 Å². The molecule has 10 heteroatoms. The van der Waals surface area contributed by atoms with Crippen LogP contribution in [0.15, 0.2) is 6.33 Å². The first-order valence-electron chi connectivity index (χ1n) is 9.74. The van der Waals surface area contributed by atoms with Crippen LogP contribution in [0.4, 0.5) is 14.6 Å². The number of fused-ring (bicyclic) bond motifs is 1. The first-order chi connectivity index (χ1) is 13.5. The topological polar surface area (TPSA) is 79.2 Å². The molecular weight excluding hydrogens is 368 g/mol. The molecule has 0 radical (unpaired) electrons. The fraction of sp³-hybridized carbons (Fsp3) is 0.667. The zero-order valence-corrected chi connectivity index (χ0v) is 16.1. The number of imidazole rings is 1. The number of aryl methyl sites for hydroxylation is 1. The summed E-state index contributed by atoms with van der Waals surface area (Å²) in [7, 11) is 1.99. The lowest BCUT2D eigenvalue weighted by Gasteiger charge is -2.25. The number of hydrogen-bond donors (Lipinski definition) is 1. The second kappa shape index (κ2) is 7.57. The molecule has 4 heterocycles. The van der Waals surface area contributed by atoms with Gasteiger partial charge in [0.25, 0.3) is 6.43 Å². The molecule has 2 atom stereocenters. The maximum atomic E-state index is 13.3. The molecule has 2 aliphatic rings. The van der Waals surface area contributed by atoms with Gasteiger partial charge in [-0.05, 0) is 39.8 Å². The van der Waals surface area contributed by atoms with Crippen molar-refractivity contribution in [2.45, 2.75) is 51.2 Å². The van der Waals surface area contributed by atoms with Crippen molar-refractivity contribution in [2.75, 3.05) is 32.0 Å². The minimum atomic E-state index is -2.68. The minimum Gasteiger partial charge on any atom is -0.364 e. The predicted octanol–water partition coefficient (Wildman–Crippen LogP) is 1.89. The number of nitrogens with one attached hydrogen (secondary N) is 1. The van der Waals surface area contributed by atoms with Crippen molar-refractivity contribution >= 4 is 22.9 Å². The number of halogens is 2. The Morgan fingerprint density at radius 2 is 2.14 bits per heavy atom. The molecule has 0 bridgehead atoms. The summed E-state index contributed by atoms with van der Waals surface area (Å²) in [6, 6.07) is -0.0195. The van der Waals surface area contributed by atoms with Gasteiger partial charge in [0, 0.05) is 25.7 Å². The maximum absolute atomic E-state index is 13.3. The largest absolute Gasteiger partial charge is 0.364 e. The fourth-order valence-electron chi connectivity index (χ4n) is 4.24. The molecule has 0 unspecified atom stereocenters.